The molecule has 2 N–H and O–H groups in total. The van der Waals surface area contributed by atoms with Gasteiger partial charge >= 0.3 is 0 Å². The van der Waals surface area contributed by atoms with Gasteiger partial charge in [0.05, 0.1) is 12.2 Å². The lowest BCUT2D eigenvalue weighted by molar-refractivity contribution is 0.800. The van der Waals surface area contributed by atoms with E-state index in [1.165, 1.54) is 0 Å². The Morgan fingerprint density at radius 1 is 1.45 bits per heavy atom. The number of allylic oxidation sites excluding steroid dienone is 1. The molecule has 1 aromatic rings. The minimum atomic E-state index is 0.483. The van der Waals surface area contributed by atoms with Crippen molar-refractivity contribution < 1.29 is 0 Å². The van der Waals surface area contributed by atoms with Crippen LogP contribution in [0.4, 0.5) is 0 Å². The van der Waals surface area contributed by atoms with Gasteiger partial charge in [0.25, 0.3) is 0 Å². The van der Waals surface area contributed by atoms with Crippen LogP contribution in [0.25, 0.3) is 0 Å². The SMILES string of the molecule is C/C=C/CCNC(=NCc1nc(C(C)C)cs1)NCC. The molecule has 0 amide bonds. The summed E-state index contributed by atoms with van der Waals surface area (Å²) in [6.07, 6.45) is 5.22. The van der Waals surface area contributed by atoms with E-state index in [0.717, 1.165) is 36.2 Å². The molecule has 0 bridgehead atoms. The molecule has 0 aliphatic carbocycles. The number of thiazole rings is 1. The van der Waals surface area contributed by atoms with Crippen molar-refractivity contribution in [3.63, 3.8) is 0 Å². The normalized spacial score (nSPS) is 12.3. The van der Waals surface area contributed by atoms with E-state index in [2.05, 4.69) is 58.9 Å². The zero-order chi connectivity index (χ0) is 14.8. The van der Waals surface area contributed by atoms with Crippen molar-refractivity contribution in [2.45, 2.75) is 46.6 Å². The third-order valence-electron chi connectivity index (χ3n) is 2.72. The van der Waals surface area contributed by atoms with Crippen molar-refractivity contribution in [3.05, 3.63) is 28.2 Å². The molecule has 0 atom stereocenters. The van der Waals surface area contributed by atoms with Crippen molar-refractivity contribution in [2.24, 2.45) is 4.99 Å². The first-order chi connectivity index (χ1) is 9.67. The third-order valence-corrected chi connectivity index (χ3v) is 3.57. The molecule has 0 radical (unpaired) electrons. The zero-order valence-electron chi connectivity index (χ0n) is 12.9. The van der Waals surface area contributed by atoms with E-state index in [1.807, 2.05) is 6.92 Å². The van der Waals surface area contributed by atoms with Gasteiger partial charge in [-0.15, -0.1) is 11.3 Å². The lowest BCUT2D eigenvalue weighted by Gasteiger charge is -2.09. The van der Waals surface area contributed by atoms with Crippen LogP contribution in [0.1, 0.15) is 50.7 Å². The van der Waals surface area contributed by atoms with Crippen molar-refractivity contribution in [1.82, 2.24) is 15.6 Å². The topological polar surface area (TPSA) is 49.3 Å². The molecule has 0 aliphatic heterocycles. The van der Waals surface area contributed by atoms with Gasteiger partial charge in [-0.1, -0.05) is 26.0 Å². The molecular formula is C15H26N4S. The van der Waals surface area contributed by atoms with Gasteiger partial charge in [0.2, 0.25) is 0 Å². The molecule has 20 heavy (non-hydrogen) atoms. The van der Waals surface area contributed by atoms with E-state index >= 15 is 0 Å². The van der Waals surface area contributed by atoms with Crippen LogP contribution in [-0.4, -0.2) is 24.0 Å². The second-order valence-electron chi connectivity index (χ2n) is 4.80. The van der Waals surface area contributed by atoms with Crippen LogP contribution in [0.3, 0.4) is 0 Å². The summed E-state index contributed by atoms with van der Waals surface area (Å²) in [5.74, 6) is 1.34. The summed E-state index contributed by atoms with van der Waals surface area (Å²) in [4.78, 5) is 9.17. The van der Waals surface area contributed by atoms with Gasteiger partial charge in [-0.2, -0.15) is 0 Å². The van der Waals surface area contributed by atoms with E-state index in [9.17, 15) is 0 Å². The van der Waals surface area contributed by atoms with Gasteiger partial charge in [-0.05, 0) is 26.2 Å². The second kappa shape index (κ2) is 9.53. The summed E-state index contributed by atoms with van der Waals surface area (Å²) < 4.78 is 0. The monoisotopic (exact) mass is 294 g/mol. The Morgan fingerprint density at radius 2 is 2.25 bits per heavy atom. The van der Waals surface area contributed by atoms with Gasteiger partial charge in [-0.3, -0.25) is 0 Å². The molecule has 1 aromatic heterocycles. The number of nitrogens with zero attached hydrogens (tertiary/aromatic N) is 2. The predicted molar refractivity (Wildman–Crippen MR) is 88.5 cm³/mol. The van der Waals surface area contributed by atoms with Gasteiger partial charge in [0.1, 0.15) is 5.01 Å². The molecule has 0 saturated carbocycles. The fourth-order valence-corrected chi connectivity index (χ4v) is 2.47. The number of rotatable bonds is 7. The predicted octanol–water partition coefficient (Wildman–Crippen LogP) is 3.29. The Bertz CT molecular complexity index is 435. The van der Waals surface area contributed by atoms with Crippen molar-refractivity contribution in [1.29, 1.82) is 0 Å². The summed E-state index contributed by atoms with van der Waals surface area (Å²) >= 11 is 1.68. The molecule has 0 aromatic carbocycles. The smallest absolute Gasteiger partial charge is 0.191 e. The Labute approximate surface area is 126 Å². The molecule has 5 heteroatoms. The van der Waals surface area contributed by atoms with E-state index in [0.29, 0.717) is 12.5 Å². The van der Waals surface area contributed by atoms with Gasteiger partial charge < -0.3 is 10.6 Å². The molecule has 1 heterocycles. The number of hydrogen-bond donors (Lipinski definition) is 2. The number of nitrogens with one attached hydrogen (secondary N) is 2. The highest BCUT2D eigenvalue weighted by molar-refractivity contribution is 7.09. The van der Waals surface area contributed by atoms with Crippen LogP contribution in [0, 0.1) is 0 Å². The summed E-state index contributed by atoms with van der Waals surface area (Å²) in [5, 5.41) is 9.77. The lowest BCUT2D eigenvalue weighted by Crippen LogP contribution is -2.37. The van der Waals surface area contributed by atoms with Gasteiger partial charge in [-0.25, -0.2) is 9.98 Å². The van der Waals surface area contributed by atoms with Gasteiger partial charge in [0.15, 0.2) is 5.96 Å². The highest BCUT2D eigenvalue weighted by Gasteiger charge is 2.05. The maximum absolute atomic E-state index is 4.60. The van der Waals surface area contributed by atoms with Crippen molar-refractivity contribution >= 4 is 17.3 Å². The molecular weight excluding hydrogens is 268 g/mol. The van der Waals surface area contributed by atoms with Crippen molar-refractivity contribution in [3.8, 4) is 0 Å². The molecule has 1 rings (SSSR count). The fourth-order valence-electron chi connectivity index (χ4n) is 1.59. The first kappa shape index (κ1) is 16.7. The molecule has 112 valence electrons. The highest BCUT2D eigenvalue weighted by atomic mass is 32.1. The first-order valence-electron chi connectivity index (χ1n) is 7.25. The minimum Gasteiger partial charge on any atom is -0.357 e. The Morgan fingerprint density at radius 3 is 2.85 bits per heavy atom. The fraction of sp³-hybridized carbons (Fsp3) is 0.600. The Kier molecular flexibility index (Phi) is 7.95. The van der Waals surface area contributed by atoms with E-state index < -0.39 is 0 Å². The summed E-state index contributed by atoms with van der Waals surface area (Å²) in [7, 11) is 0. The van der Waals surface area contributed by atoms with E-state index in [4.69, 9.17) is 0 Å². The molecule has 0 aliphatic rings. The van der Waals surface area contributed by atoms with Crippen molar-refractivity contribution in [2.75, 3.05) is 13.1 Å². The van der Waals surface area contributed by atoms with E-state index in [1.54, 1.807) is 11.3 Å². The van der Waals surface area contributed by atoms with Gasteiger partial charge in [0, 0.05) is 18.5 Å². The van der Waals surface area contributed by atoms with Crippen LogP contribution in [0.15, 0.2) is 22.5 Å². The van der Waals surface area contributed by atoms with Crippen LogP contribution in [0.5, 0.6) is 0 Å². The standard InChI is InChI=1S/C15H26N4S/c1-5-7-8-9-17-15(16-6-2)18-10-14-19-13(11-20-14)12(3)4/h5,7,11-12H,6,8-10H2,1-4H3,(H2,16,17,18)/b7-5+. The van der Waals surface area contributed by atoms with Crippen LogP contribution < -0.4 is 10.6 Å². The molecule has 0 unspecified atom stereocenters. The second-order valence-corrected chi connectivity index (χ2v) is 5.74. The molecule has 0 spiro atoms. The summed E-state index contributed by atoms with van der Waals surface area (Å²) in [5.41, 5.74) is 1.16. The number of guanidine groups is 1. The maximum atomic E-state index is 4.60. The summed E-state index contributed by atoms with van der Waals surface area (Å²) in [6, 6.07) is 0. The molecule has 0 saturated heterocycles. The number of hydrogen-bond acceptors (Lipinski definition) is 3. The first-order valence-corrected chi connectivity index (χ1v) is 8.13. The molecule has 0 fully saturated rings. The maximum Gasteiger partial charge on any atom is 0.191 e. The highest BCUT2D eigenvalue weighted by Crippen LogP contribution is 2.18. The molecule has 4 nitrogen and oxygen atoms in total. The Hall–Kier alpha value is -1.36. The zero-order valence-corrected chi connectivity index (χ0v) is 13.8. The quantitative estimate of drug-likeness (QED) is 0.351. The lowest BCUT2D eigenvalue weighted by atomic mass is 10.2. The average Bonchev–Trinajstić information content (AvgIpc) is 2.90. The largest absolute Gasteiger partial charge is 0.357 e. The van der Waals surface area contributed by atoms with E-state index in [-0.39, 0.29) is 0 Å². The van der Waals surface area contributed by atoms with Crippen LogP contribution in [0.2, 0.25) is 0 Å². The average molecular weight is 294 g/mol. The third kappa shape index (κ3) is 6.19. The van der Waals surface area contributed by atoms with Crippen LogP contribution in [-0.2, 0) is 6.54 Å². The number of aliphatic imine (C=N–C) groups is 1. The minimum absolute atomic E-state index is 0.483. The Balaban J connectivity index is 2.51. The number of aromatic nitrogens is 1. The summed E-state index contributed by atoms with van der Waals surface area (Å²) in [6.45, 7) is 10.8. The van der Waals surface area contributed by atoms with Crippen LogP contribution >= 0.6 is 11.3 Å².